The summed E-state index contributed by atoms with van der Waals surface area (Å²) in [5.41, 5.74) is 2.17. The predicted molar refractivity (Wildman–Crippen MR) is 90.0 cm³/mol. The van der Waals surface area contributed by atoms with E-state index in [0.29, 0.717) is 23.4 Å². The number of ketones is 1. The first-order valence-electron chi connectivity index (χ1n) is 6.46. The van der Waals surface area contributed by atoms with E-state index in [2.05, 4.69) is 15.9 Å². The number of carbonyl (C=O) groups is 1. The molecule has 0 spiro atoms. The Morgan fingerprint density at radius 2 is 2.05 bits per heavy atom. The number of rotatable bonds is 5. The van der Waals surface area contributed by atoms with Gasteiger partial charge in [0.05, 0.1) is 0 Å². The first kappa shape index (κ1) is 15.8. The molecule has 0 aromatic heterocycles. The summed E-state index contributed by atoms with van der Waals surface area (Å²) in [6, 6.07) is 12.5. The highest BCUT2D eigenvalue weighted by molar-refractivity contribution is 9.10. The predicted octanol–water partition coefficient (Wildman–Crippen LogP) is 4.83. The summed E-state index contributed by atoms with van der Waals surface area (Å²) in [5, 5.41) is 9.69. The quantitative estimate of drug-likeness (QED) is 0.468. The minimum atomic E-state index is -0.106. The van der Waals surface area contributed by atoms with E-state index in [-0.39, 0.29) is 11.5 Å². The Balaban J connectivity index is 2.18. The van der Waals surface area contributed by atoms with Gasteiger partial charge in [-0.15, -0.1) is 11.6 Å². The summed E-state index contributed by atoms with van der Waals surface area (Å²) in [4.78, 5) is 12.2. The number of aryl methyl sites for hydroxylation is 1. The molecule has 0 aliphatic heterocycles. The van der Waals surface area contributed by atoms with Crippen LogP contribution in [0.15, 0.2) is 53.0 Å². The lowest BCUT2D eigenvalue weighted by atomic mass is 10.0. The smallest absolute Gasteiger partial charge is 0.185 e. The lowest BCUT2D eigenvalue weighted by molar-refractivity contribution is 0.104. The van der Waals surface area contributed by atoms with Crippen LogP contribution in [0.2, 0.25) is 0 Å². The average molecular weight is 366 g/mol. The Morgan fingerprint density at radius 3 is 2.76 bits per heavy atom. The summed E-state index contributed by atoms with van der Waals surface area (Å²) in [7, 11) is 0. The molecule has 0 atom stereocenters. The number of carbonyl (C=O) groups excluding carboxylic acids is 1. The van der Waals surface area contributed by atoms with E-state index in [0.717, 1.165) is 10.0 Å². The molecular formula is C17H14BrClO2. The SMILES string of the molecule is O=C(/C=C/c1cccc(Br)c1)c1ccc(O)c(CCCl)c1. The van der Waals surface area contributed by atoms with Crippen molar-refractivity contribution in [2.45, 2.75) is 6.42 Å². The highest BCUT2D eigenvalue weighted by Crippen LogP contribution is 2.20. The Hall–Kier alpha value is -1.58. The molecule has 108 valence electrons. The normalized spacial score (nSPS) is 11.0. The molecule has 21 heavy (non-hydrogen) atoms. The molecular weight excluding hydrogens is 352 g/mol. The van der Waals surface area contributed by atoms with Crippen LogP contribution < -0.4 is 0 Å². The van der Waals surface area contributed by atoms with Crippen molar-refractivity contribution in [3.8, 4) is 5.75 Å². The van der Waals surface area contributed by atoms with Crippen molar-refractivity contribution in [3.05, 3.63) is 69.7 Å². The number of hydrogen-bond acceptors (Lipinski definition) is 2. The highest BCUT2D eigenvalue weighted by atomic mass is 79.9. The molecule has 2 aromatic carbocycles. The van der Waals surface area contributed by atoms with E-state index in [4.69, 9.17) is 11.6 Å². The van der Waals surface area contributed by atoms with Crippen LogP contribution in [0.25, 0.3) is 6.08 Å². The van der Waals surface area contributed by atoms with Crippen molar-refractivity contribution in [1.82, 2.24) is 0 Å². The molecule has 1 N–H and O–H groups in total. The maximum atomic E-state index is 12.2. The zero-order chi connectivity index (χ0) is 15.2. The molecule has 2 aromatic rings. The number of alkyl halides is 1. The third-order valence-corrected chi connectivity index (χ3v) is 3.69. The molecule has 2 nitrogen and oxygen atoms in total. The summed E-state index contributed by atoms with van der Waals surface area (Å²) in [6.07, 6.45) is 3.82. The van der Waals surface area contributed by atoms with Gasteiger partial charge in [-0.25, -0.2) is 0 Å². The van der Waals surface area contributed by atoms with Gasteiger partial charge >= 0.3 is 0 Å². The Morgan fingerprint density at radius 1 is 1.24 bits per heavy atom. The third kappa shape index (κ3) is 4.45. The van der Waals surface area contributed by atoms with Crippen LogP contribution in [0.1, 0.15) is 21.5 Å². The van der Waals surface area contributed by atoms with Gasteiger partial charge in [0.15, 0.2) is 5.78 Å². The minimum absolute atomic E-state index is 0.106. The van der Waals surface area contributed by atoms with Gasteiger partial charge in [-0.1, -0.05) is 34.1 Å². The number of halogens is 2. The zero-order valence-corrected chi connectivity index (χ0v) is 13.6. The first-order valence-corrected chi connectivity index (χ1v) is 7.79. The highest BCUT2D eigenvalue weighted by Gasteiger charge is 2.07. The van der Waals surface area contributed by atoms with Crippen LogP contribution in [0.3, 0.4) is 0 Å². The van der Waals surface area contributed by atoms with E-state index < -0.39 is 0 Å². The molecule has 0 saturated heterocycles. The first-order chi connectivity index (χ1) is 10.1. The monoisotopic (exact) mass is 364 g/mol. The van der Waals surface area contributed by atoms with Gasteiger partial charge in [0, 0.05) is 15.9 Å². The topological polar surface area (TPSA) is 37.3 Å². The van der Waals surface area contributed by atoms with Crippen molar-refractivity contribution < 1.29 is 9.90 Å². The Bertz CT molecular complexity index is 680. The van der Waals surface area contributed by atoms with Crippen molar-refractivity contribution in [2.24, 2.45) is 0 Å². The van der Waals surface area contributed by atoms with Crippen LogP contribution in [0, 0.1) is 0 Å². The number of aromatic hydroxyl groups is 1. The van der Waals surface area contributed by atoms with E-state index >= 15 is 0 Å². The van der Waals surface area contributed by atoms with Crippen LogP contribution >= 0.6 is 27.5 Å². The molecule has 0 heterocycles. The maximum absolute atomic E-state index is 12.2. The molecule has 4 heteroatoms. The second-order valence-corrected chi connectivity index (χ2v) is 5.83. The van der Waals surface area contributed by atoms with Crippen molar-refractivity contribution in [1.29, 1.82) is 0 Å². The van der Waals surface area contributed by atoms with Crippen molar-refractivity contribution >= 4 is 39.4 Å². The standard InChI is InChI=1S/C17H14BrClO2/c18-15-3-1-2-12(10-15)4-6-16(20)13-5-7-17(21)14(11-13)8-9-19/h1-7,10-11,21H,8-9H2/b6-4+. The average Bonchev–Trinajstić information content (AvgIpc) is 2.47. The summed E-state index contributed by atoms with van der Waals surface area (Å²) in [6.45, 7) is 0. The number of allylic oxidation sites excluding steroid dienone is 1. The number of hydrogen-bond donors (Lipinski definition) is 1. The largest absolute Gasteiger partial charge is 0.508 e. The number of benzene rings is 2. The van der Waals surface area contributed by atoms with Crippen LogP contribution in [0.4, 0.5) is 0 Å². The lowest BCUT2D eigenvalue weighted by Gasteiger charge is -2.04. The summed E-state index contributed by atoms with van der Waals surface area (Å²) in [5.74, 6) is 0.466. The Kier molecular flexibility index (Phi) is 5.59. The molecule has 0 aliphatic carbocycles. The van der Waals surface area contributed by atoms with E-state index in [1.54, 1.807) is 18.2 Å². The maximum Gasteiger partial charge on any atom is 0.185 e. The summed E-state index contributed by atoms with van der Waals surface area (Å²) < 4.78 is 0.964. The van der Waals surface area contributed by atoms with E-state index in [1.165, 1.54) is 12.1 Å². The molecule has 0 fully saturated rings. The number of phenolic OH excluding ortho intramolecular Hbond substituents is 1. The van der Waals surface area contributed by atoms with E-state index in [9.17, 15) is 9.90 Å². The fourth-order valence-corrected chi connectivity index (χ4v) is 2.54. The molecule has 0 radical (unpaired) electrons. The van der Waals surface area contributed by atoms with Gasteiger partial charge in [-0.2, -0.15) is 0 Å². The van der Waals surface area contributed by atoms with Crippen LogP contribution in [-0.2, 0) is 6.42 Å². The van der Waals surface area contributed by atoms with Gasteiger partial charge in [-0.05, 0) is 54.0 Å². The van der Waals surface area contributed by atoms with Gasteiger partial charge in [-0.3, -0.25) is 4.79 Å². The van der Waals surface area contributed by atoms with Gasteiger partial charge < -0.3 is 5.11 Å². The van der Waals surface area contributed by atoms with E-state index in [1.807, 2.05) is 24.3 Å². The molecule has 0 aliphatic rings. The molecule has 2 rings (SSSR count). The lowest BCUT2D eigenvalue weighted by Crippen LogP contribution is -1.97. The second kappa shape index (κ2) is 7.43. The zero-order valence-electron chi connectivity index (χ0n) is 11.2. The third-order valence-electron chi connectivity index (χ3n) is 3.00. The fraction of sp³-hybridized carbons (Fsp3) is 0.118. The fourth-order valence-electron chi connectivity index (χ4n) is 1.92. The van der Waals surface area contributed by atoms with Crippen LogP contribution in [0.5, 0.6) is 5.75 Å². The number of phenols is 1. The van der Waals surface area contributed by atoms with Crippen LogP contribution in [-0.4, -0.2) is 16.8 Å². The summed E-state index contributed by atoms with van der Waals surface area (Å²) >= 11 is 9.07. The van der Waals surface area contributed by atoms with Gasteiger partial charge in [0.1, 0.15) is 5.75 Å². The second-order valence-electron chi connectivity index (χ2n) is 4.54. The molecule has 0 saturated carbocycles. The van der Waals surface area contributed by atoms with Crippen molar-refractivity contribution in [3.63, 3.8) is 0 Å². The van der Waals surface area contributed by atoms with Gasteiger partial charge in [0.2, 0.25) is 0 Å². The minimum Gasteiger partial charge on any atom is -0.508 e. The molecule has 0 bridgehead atoms. The van der Waals surface area contributed by atoms with Gasteiger partial charge in [0.25, 0.3) is 0 Å². The molecule has 0 unspecified atom stereocenters. The Labute approximate surface area is 137 Å². The van der Waals surface area contributed by atoms with Crippen molar-refractivity contribution in [2.75, 3.05) is 5.88 Å². The molecule has 0 amide bonds.